The number of hydrogen-bond acceptors (Lipinski definition) is 2. The van der Waals surface area contributed by atoms with Crippen LogP contribution in [0.15, 0.2) is 23.3 Å². The van der Waals surface area contributed by atoms with Gasteiger partial charge >= 0.3 is 5.97 Å². The van der Waals surface area contributed by atoms with Crippen LogP contribution in [0.1, 0.15) is 46.5 Å². The second-order valence-electron chi connectivity index (χ2n) is 5.49. The molecule has 17 heavy (non-hydrogen) atoms. The fourth-order valence-corrected chi connectivity index (χ4v) is 2.77. The second kappa shape index (κ2) is 5.07. The summed E-state index contributed by atoms with van der Waals surface area (Å²) in [5, 5.41) is 0. The molecule has 1 unspecified atom stereocenters. The maximum absolute atomic E-state index is 11.7. The zero-order chi connectivity index (χ0) is 12.4. The zero-order valence-electron chi connectivity index (χ0n) is 11.0. The van der Waals surface area contributed by atoms with E-state index in [1.807, 2.05) is 6.92 Å². The highest BCUT2D eigenvalue weighted by molar-refractivity contribution is 5.75. The molecular weight excluding hydrogens is 212 g/mol. The second-order valence-corrected chi connectivity index (χ2v) is 5.49. The molecule has 1 saturated heterocycles. The van der Waals surface area contributed by atoms with Gasteiger partial charge in [-0.05, 0) is 45.6 Å². The van der Waals surface area contributed by atoms with Crippen LogP contribution in [-0.2, 0) is 9.53 Å². The molecule has 1 aliphatic carbocycles. The third kappa shape index (κ3) is 2.80. The van der Waals surface area contributed by atoms with E-state index in [4.69, 9.17) is 4.74 Å². The summed E-state index contributed by atoms with van der Waals surface area (Å²) in [6.07, 6.45) is 8.85. The molecule has 2 rings (SSSR count). The molecule has 2 aliphatic rings. The lowest BCUT2D eigenvalue weighted by molar-refractivity contribution is -0.142. The molecule has 2 heteroatoms. The van der Waals surface area contributed by atoms with Crippen molar-refractivity contribution in [3.8, 4) is 0 Å². The fraction of sp³-hybridized carbons (Fsp3) is 0.667. The first-order chi connectivity index (χ1) is 8.08. The van der Waals surface area contributed by atoms with Gasteiger partial charge in [0.05, 0.1) is 5.92 Å². The summed E-state index contributed by atoms with van der Waals surface area (Å²) in [7, 11) is 0. The van der Waals surface area contributed by atoms with Crippen LogP contribution in [0.3, 0.4) is 0 Å². The van der Waals surface area contributed by atoms with Crippen LogP contribution in [0, 0.1) is 11.8 Å². The fourth-order valence-electron chi connectivity index (χ4n) is 2.77. The molecule has 0 aromatic heterocycles. The van der Waals surface area contributed by atoms with Crippen molar-refractivity contribution in [3.05, 3.63) is 23.3 Å². The van der Waals surface area contributed by atoms with Crippen LogP contribution in [0.2, 0.25) is 0 Å². The number of ether oxygens (including phenoxy) is 1. The van der Waals surface area contributed by atoms with E-state index in [1.54, 1.807) is 0 Å². The van der Waals surface area contributed by atoms with Gasteiger partial charge in [0.15, 0.2) is 0 Å². The summed E-state index contributed by atoms with van der Waals surface area (Å²) >= 11 is 0. The number of carbonyl (C=O) groups is 1. The molecule has 0 aromatic carbocycles. The van der Waals surface area contributed by atoms with Gasteiger partial charge in [-0.1, -0.05) is 24.1 Å². The van der Waals surface area contributed by atoms with Gasteiger partial charge < -0.3 is 4.74 Å². The minimum atomic E-state index is -0.0232. The number of esters is 1. The molecule has 0 aromatic rings. The van der Waals surface area contributed by atoms with E-state index in [-0.39, 0.29) is 18.0 Å². The van der Waals surface area contributed by atoms with E-state index in [0.29, 0.717) is 5.92 Å². The van der Waals surface area contributed by atoms with Crippen LogP contribution >= 0.6 is 0 Å². The quantitative estimate of drug-likeness (QED) is 0.472. The Morgan fingerprint density at radius 2 is 2.00 bits per heavy atom. The Bertz CT molecular complexity index is 365. The SMILES string of the molecule is C/C1=C\[C@H]2OC(=O)[C@@H](C)C2CC/C(C)=C/CC1. The lowest BCUT2D eigenvalue weighted by Crippen LogP contribution is -2.18. The maximum atomic E-state index is 11.7. The highest BCUT2D eigenvalue weighted by Crippen LogP contribution is 2.35. The molecule has 2 nitrogen and oxygen atoms in total. The van der Waals surface area contributed by atoms with Gasteiger partial charge in [0.1, 0.15) is 6.10 Å². The highest BCUT2D eigenvalue weighted by Gasteiger charge is 2.40. The molecule has 1 aliphatic heterocycles. The Labute approximate surface area is 104 Å². The van der Waals surface area contributed by atoms with Crippen molar-refractivity contribution in [2.75, 3.05) is 0 Å². The monoisotopic (exact) mass is 234 g/mol. The largest absolute Gasteiger partial charge is 0.458 e. The highest BCUT2D eigenvalue weighted by atomic mass is 16.6. The van der Waals surface area contributed by atoms with Crippen LogP contribution < -0.4 is 0 Å². The first-order valence-corrected chi connectivity index (χ1v) is 6.61. The summed E-state index contributed by atoms with van der Waals surface area (Å²) in [5.74, 6) is 0.389. The number of carbonyl (C=O) groups excluding carboxylic acids is 1. The Hall–Kier alpha value is -1.05. The van der Waals surface area contributed by atoms with E-state index in [2.05, 4.69) is 26.0 Å². The topological polar surface area (TPSA) is 26.3 Å². The van der Waals surface area contributed by atoms with Crippen molar-refractivity contribution in [2.45, 2.75) is 52.6 Å². The molecule has 1 heterocycles. The van der Waals surface area contributed by atoms with Gasteiger partial charge in [0.25, 0.3) is 0 Å². The van der Waals surface area contributed by atoms with Crippen molar-refractivity contribution >= 4 is 5.97 Å². The Balaban J connectivity index is 2.21. The standard InChI is InChI=1S/C15H22O2/c1-10-5-4-6-11(2)9-14-13(8-7-10)12(3)15(16)17-14/h5,9,12-14H,4,6-8H2,1-3H3/b10-5+,11-9+/t12-,13?,14+/m0/s1. The van der Waals surface area contributed by atoms with Crippen LogP contribution in [-0.4, -0.2) is 12.1 Å². The normalized spacial score (nSPS) is 40.6. The summed E-state index contributed by atoms with van der Waals surface area (Å²) < 4.78 is 5.48. The minimum Gasteiger partial charge on any atom is -0.458 e. The Morgan fingerprint density at radius 1 is 1.24 bits per heavy atom. The van der Waals surface area contributed by atoms with Crippen molar-refractivity contribution in [3.63, 3.8) is 0 Å². The van der Waals surface area contributed by atoms with E-state index in [1.165, 1.54) is 11.1 Å². The number of fused-ring (bicyclic) bond motifs is 1. The van der Waals surface area contributed by atoms with Crippen molar-refractivity contribution in [2.24, 2.45) is 11.8 Å². The first kappa shape index (κ1) is 12.4. The summed E-state index contributed by atoms with van der Waals surface area (Å²) in [5.41, 5.74) is 2.79. The van der Waals surface area contributed by atoms with Crippen molar-refractivity contribution < 1.29 is 9.53 Å². The minimum absolute atomic E-state index is 0.0170. The third-order valence-electron chi connectivity index (χ3n) is 4.04. The maximum Gasteiger partial charge on any atom is 0.309 e. The number of allylic oxidation sites excluding steroid dienone is 3. The molecule has 94 valence electrons. The average Bonchev–Trinajstić information content (AvgIpc) is 2.52. The first-order valence-electron chi connectivity index (χ1n) is 6.61. The van der Waals surface area contributed by atoms with Crippen molar-refractivity contribution in [1.29, 1.82) is 0 Å². The van der Waals surface area contributed by atoms with E-state index in [9.17, 15) is 4.79 Å². The zero-order valence-corrected chi connectivity index (χ0v) is 11.0. The lowest BCUT2D eigenvalue weighted by Gasteiger charge is -2.19. The molecule has 0 saturated carbocycles. The summed E-state index contributed by atoms with van der Waals surface area (Å²) in [6, 6.07) is 0. The molecule has 0 amide bonds. The average molecular weight is 234 g/mol. The summed E-state index contributed by atoms with van der Waals surface area (Å²) in [6.45, 7) is 6.33. The van der Waals surface area contributed by atoms with Crippen LogP contribution in [0.25, 0.3) is 0 Å². The van der Waals surface area contributed by atoms with Gasteiger partial charge in [0.2, 0.25) is 0 Å². The van der Waals surface area contributed by atoms with Gasteiger partial charge in [-0.2, -0.15) is 0 Å². The molecular formula is C15H22O2. The third-order valence-corrected chi connectivity index (χ3v) is 4.04. The van der Waals surface area contributed by atoms with Gasteiger partial charge in [-0.3, -0.25) is 4.79 Å². The number of rotatable bonds is 0. The van der Waals surface area contributed by atoms with E-state index < -0.39 is 0 Å². The smallest absolute Gasteiger partial charge is 0.309 e. The molecule has 0 spiro atoms. The molecule has 0 N–H and O–H groups in total. The van der Waals surface area contributed by atoms with Gasteiger partial charge in [-0.15, -0.1) is 0 Å². The predicted molar refractivity (Wildman–Crippen MR) is 68.5 cm³/mol. The number of hydrogen-bond donors (Lipinski definition) is 0. The van der Waals surface area contributed by atoms with Crippen molar-refractivity contribution in [1.82, 2.24) is 0 Å². The molecule has 0 bridgehead atoms. The summed E-state index contributed by atoms with van der Waals surface area (Å²) in [4.78, 5) is 11.7. The Kier molecular flexibility index (Phi) is 3.70. The lowest BCUT2D eigenvalue weighted by atomic mass is 9.85. The Morgan fingerprint density at radius 3 is 2.76 bits per heavy atom. The predicted octanol–water partition coefficient (Wildman–Crippen LogP) is 3.63. The van der Waals surface area contributed by atoms with Gasteiger partial charge in [0, 0.05) is 5.92 Å². The molecule has 0 radical (unpaired) electrons. The molecule has 3 atom stereocenters. The van der Waals surface area contributed by atoms with Crippen LogP contribution in [0.4, 0.5) is 0 Å². The van der Waals surface area contributed by atoms with E-state index in [0.717, 1.165) is 25.7 Å². The molecule has 1 fully saturated rings. The van der Waals surface area contributed by atoms with E-state index >= 15 is 0 Å². The van der Waals surface area contributed by atoms with Gasteiger partial charge in [-0.25, -0.2) is 0 Å². The van der Waals surface area contributed by atoms with Crippen LogP contribution in [0.5, 0.6) is 0 Å².